The second kappa shape index (κ2) is 5.47. The van der Waals surface area contributed by atoms with Crippen molar-refractivity contribution in [3.05, 3.63) is 0 Å². The summed E-state index contributed by atoms with van der Waals surface area (Å²) >= 11 is 0. The van der Waals surface area contributed by atoms with E-state index in [1.54, 1.807) is 0 Å². The second-order valence-corrected chi connectivity index (χ2v) is 4.54. The summed E-state index contributed by atoms with van der Waals surface area (Å²) in [5.74, 6) is -0.246. The molecule has 0 amide bonds. The van der Waals surface area contributed by atoms with Crippen LogP contribution in [0, 0.1) is 0 Å². The first-order chi connectivity index (χ1) is 7.08. The first kappa shape index (κ1) is 12.5. The summed E-state index contributed by atoms with van der Waals surface area (Å²) in [6.07, 6.45) is 4.05. The van der Waals surface area contributed by atoms with Gasteiger partial charge in [0.2, 0.25) is 0 Å². The molecule has 0 bridgehead atoms. The lowest BCUT2D eigenvalue weighted by atomic mass is 9.99. The summed E-state index contributed by atoms with van der Waals surface area (Å²) in [5, 5.41) is 12.4. The predicted molar refractivity (Wildman–Crippen MR) is 57.5 cm³/mol. The van der Waals surface area contributed by atoms with Crippen LogP contribution in [0.4, 0.5) is 0 Å². The number of esters is 1. The third-order valence-corrected chi connectivity index (χ3v) is 2.84. The Labute approximate surface area is 91.0 Å². The highest BCUT2D eigenvalue weighted by Crippen LogP contribution is 2.28. The number of ether oxygens (including phenoxy) is 1. The number of rotatable bonds is 5. The fourth-order valence-corrected chi connectivity index (χ4v) is 2.01. The van der Waals surface area contributed by atoms with Gasteiger partial charge in [0.15, 0.2) is 0 Å². The molecule has 88 valence electrons. The lowest BCUT2D eigenvalue weighted by Crippen LogP contribution is -2.48. The standard InChI is InChI=1S/C11H21NO3/c1-9(2)15-10(14)7-12-11(8-13)5-3-4-6-11/h9,12-13H,3-8H2,1-2H3. The summed E-state index contributed by atoms with van der Waals surface area (Å²) in [4.78, 5) is 11.3. The minimum absolute atomic E-state index is 0.0760. The molecular formula is C11H21NO3. The number of hydrogen-bond acceptors (Lipinski definition) is 4. The Hall–Kier alpha value is -0.610. The molecule has 0 aliphatic heterocycles. The molecule has 2 N–H and O–H groups in total. The van der Waals surface area contributed by atoms with Gasteiger partial charge in [0.05, 0.1) is 19.3 Å². The molecule has 4 heteroatoms. The lowest BCUT2D eigenvalue weighted by Gasteiger charge is -2.27. The molecule has 0 aromatic rings. The van der Waals surface area contributed by atoms with Gasteiger partial charge in [0.25, 0.3) is 0 Å². The smallest absolute Gasteiger partial charge is 0.320 e. The average molecular weight is 215 g/mol. The number of aliphatic hydroxyl groups is 1. The topological polar surface area (TPSA) is 58.6 Å². The Kier molecular flexibility index (Phi) is 4.54. The van der Waals surface area contributed by atoms with Crippen LogP contribution < -0.4 is 5.32 Å². The number of carbonyl (C=O) groups is 1. The summed E-state index contributed by atoms with van der Waals surface area (Å²) in [6.45, 7) is 3.95. The SMILES string of the molecule is CC(C)OC(=O)CNC1(CO)CCCC1. The van der Waals surface area contributed by atoms with Gasteiger partial charge in [-0.05, 0) is 26.7 Å². The number of hydrogen-bond donors (Lipinski definition) is 2. The van der Waals surface area contributed by atoms with E-state index in [2.05, 4.69) is 5.32 Å². The normalized spacial score (nSPS) is 19.5. The lowest BCUT2D eigenvalue weighted by molar-refractivity contribution is -0.146. The highest BCUT2D eigenvalue weighted by atomic mass is 16.5. The first-order valence-corrected chi connectivity index (χ1v) is 5.63. The van der Waals surface area contributed by atoms with Gasteiger partial charge in [0, 0.05) is 5.54 Å². The Morgan fingerprint density at radius 3 is 2.53 bits per heavy atom. The molecule has 1 aliphatic carbocycles. The van der Waals surface area contributed by atoms with Crippen LogP contribution in [0.1, 0.15) is 39.5 Å². The van der Waals surface area contributed by atoms with Crippen molar-refractivity contribution in [2.45, 2.75) is 51.2 Å². The molecule has 1 rings (SSSR count). The van der Waals surface area contributed by atoms with E-state index in [0.29, 0.717) is 0 Å². The van der Waals surface area contributed by atoms with E-state index >= 15 is 0 Å². The second-order valence-electron chi connectivity index (χ2n) is 4.54. The third kappa shape index (κ3) is 3.80. The zero-order valence-corrected chi connectivity index (χ0v) is 9.58. The van der Waals surface area contributed by atoms with Crippen molar-refractivity contribution in [2.75, 3.05) is 13.2 Å². The van der Waals surface area contributed by atoms with Gasteiger partial charge >= 0.3 is 5.97 Å². The van der Waals surface area contributed by atoms with Gasteiger partial charge < -0.3 is 9.84 Å². The van der Waals surface area contributed by atoms with E-state index in [9.17, 15) is 9.90 Å². The molecule has 4 nitrogen and oxygen atoms in total. The maximum absolute atomic E-state index is 11.3. The van der Waals surface area contributed by atoms with Gasteiger partial charge in [-0.25, -0.2) is 0 Å². The molecule has 1 aliphatic rings. The van der Waals surface area contributed by atoms with Gasteiger partial charge in [-0.2, -0.15) is 0 Å². The van der Waals surface area contributed by atoms with E-state index in [4.69, 9.17) is 4.74 Å². The summed E-state index contributed by atoms with van der Waals surface area (Å²) in [5.41, 5.74) is -0.240. The molecule has 0 aromatic carbocycles. The van der Waals surface area contributed by atoms with Crippen molar-refractivity contribution in [3.8, 4) is 0 Å². The van der Waals surface area contributed by atoms with E-state index in [-0.39, 0.29) is 30.8 Å². The van der Waals surface area contributed by atoms with Crippen LogP contribution in [0.3, 0.4) is 0 Å². The van der Waals surface area contributed by atoms with Crippen LogP contribution in [0.15, 0.2) is 0 Å². The Morgan fingerprint density at radius 2 is 2.07 bits per heavy atom. The monoisotopic (exact) mass is 215 g/mol. The zero-order valence-electron chi connectivity index (χ0n) is 9.58. The number of aliphatic hydroxyl groups excluding tert-OH is 1. The average Bonchev–Trinajstić information content (AvgIpc) is 2.63. The van der Waals surface area contributed by atoms with Crippen LogP contribution in [-0.4, -0.2) is 35.9 Å². The van der Waals surface area contributed by atoms with Crippen LogP contribution in [-0.2, 0) is 9.53 Å². The summed E-state index contributed by atoms with van der Waals surface area (Å²) in [7, 11) is 0. The molecular weight excluding hydrogens is 194 g/mol. The van der Waals surface area contributed by atoms with Crippen LogP contribution in [0.25, 0.3) is 0 Å². The number of carbonyl (C=O) groups excluding carboxylic acids is 1. The van der Waals surface area contributed by atoms with Crippen molar-refractivity contribution in [1.29, 1.82) is 0 Å². The van der Waals surface area contributed by atoms with Crippen LogP contribution in [0.2, 0.25) is 0 Å². The minimum Gasteiger partial charge on any atom is -0.462 e. The molecule has 0 aromatic heterocycles. The summed E-state index contributed by atoms with van der Waals surface area (Å²) in [6, 6.07) is 0. The first-order valence-electron chi connectivity index (χ1n) is 5.63. The fourth-order valence-electron chi connectivity index (χ4n) is 2.01. The fraction of sp³-hybridized carbons (Fsp3) is 0.909. The van der Waals surface area contributed by atoms with Crippen molar-refractivity contribution in [1.82, 2.24) is 5.32 Å². The maximum Gasteiger partial charge on any atom is 0.320 e. The van der Waals surface area contributed by atoms with Crippen molar-refractivity contribution in [3.63, 3.8) is 0 Å². The Morgan fingerprint density at radius 1 is 1.47 bits per heavy atom. The van der Waals surface area contributed by atoms with E-state index in [1.165, 1.54) is 0 Å². The molecule has 15 heavy (non-hydrogen) atoms. The van der Waals surface area contributed by atoms with Crippen LogP contribution in [0.5, 0.6) is 0 Å². The Balaban J connectivity index is 2.31. The predicted octanol–water partition coefficient (Wildman–Crippen LogP) is 0.833. The van der Waals surface area contributed by atoms with Crippen LogP contribution >= 0.6 is 0 Å². The summed E-state index contributed by atoms with van der Waals surface area (Å²) < 4.78 is 5.02. The van der Waals surface area contributed by atoms with Gasteiger partial charge in [-0.15, -0.1) is 0 Å². The van der Waals surface area contributed by atoms with Gasteiger partial charge in [0.1, 0.15) is 0 Å². The van der Waals surface area contributed by atoms with E-state index < -0.39 is 0 Å². The highest BCUT2D eigenvalue weighted by molar-refractivity contribution is 5.71. The number of nitrogens with one attached hydrogen (secondary N) is 1. The van der Waals surface area contributed by atoms with Crippen molar-refractivity contribution >= 4 is 5.97 Å². The largest absolute Gasteiger partial charge is 0.462 e. The molecule has 0 spiro atoms. The molecule has 1 fully saturated rings. The van der Waals surface area contributed by atoms with E-state index in [0.717, 1.165) is 25.7 Å². The third-order valence-electron chi connectivity index (χ3n) is 2.84. The zero-order chi connectivity index (χ0) is 11.3. The molecule has 0 heterocycles. The minimum atomic E-state index is -0.246. The van der Waals surface area contributed by atoms with Crippen molar-refractivity contribution in [2.24, 2.45) is 0 Å². The quantitative estimate of drug-likeness (QED) is 0.667. The Bertz CT molecular complexity index is 210. The molecule has 0 saturated heterocycles. The molecule has 0 unspecified atom stereocenters. The molecule has 1 saturated carbocycles. The van der Waals surface area contributed by atoms with Crippen molar-refractivity contribution < 1.29 is 14.6 Å². The molecule has 0 atom stereocenters. The molecule has 0 radical (unpaired) electrons. The highest BCUT2D eigenvalue weighted by Gasteiger charge is 2.33. The maximum atomic E-state index is 11.3. The van der Waals surface area contributed by atoms with Gasteiger partial charge in [-0.3, -0.25) is 10.1 Å². The van der Waals surface area contributed by atoms with Gasteiger partial charge in [-0.1, -0.05) is 12.8 Å². The van der Waals surface area contributed by atoms with E-state index in [1.807, 2.05) is 13.8 Å².